The van der Waals surface area contributed by atoms with E-state index in [0.717, 1.165) is 48.7 Å². The Hall–Kier alpha value is -1.82. The number of aryl methyl sites for hydroxylation is 1. The van der Waals surface area contributed by atoms with Crippen molar-refractivity contribution in [1.29, 1.82) is 0 Å². The third kappa shape index (κ3) is 4.06. The molecule has 2 aromatic rings. The third-order valence-corrected chi connectivity index (χ3v) is 5.79. The summed E-state index contributed by atoms with van der Waals surface area (Å²) >= 11 is 1.59. The van der Waals surface area contributed by atoms with Crippen molar-refractivity contribution in [3.05, 3.63) is 23.2 Å². The molecule has 3 rings (SSSR count). The van der Waals surface area contributed by atoms with Gasteiger partial charge in [-0.25, -0.2) is 4.79 Å². The topological polar surface area (TPSA) is 60.3 Å². The molecule has 1 fully saturated rings. The van der Waals surface area contributed by atoms with E-state index in [9.17, 15) is 9.59 Å². The van der Waals surface area contributed by atoms with E-state index in [1.807, 2.05) is 29.1 Å². The number of fused-ring (bicyclic) bond motifs is 1. The fourth-order valence-electron chi connectivity index (χ4n) is 3.43. The first-order valence-electron chi connectivity index (χ1n) is 9.14. The van der Waals surface area contributed by atoms with E-state index in [1.54, 1.807) is 11.3 Å². The molecule has 0 unspecified atom stereocenters. The monoisotopic (exact) mass is 362 g/mol. The van der Waals surface area contributed by atoms with Gasteiger partial charge in [-0.3, -0.25) is 4.79 Å². The van der Waals surface area contributed by atoms with Gasteiger partial charge >= 0.3 is 5.97 Å². The number of amides is 1. The molecule has 2 heterocycles. The molecule has 1 aliphatic rings. The zero-order chi connectivity index (χ0) is 17.8. The van der Waals surface area contributed by atoms with Gasteiger partial charge in [0.05, 0.1) is 10.2 Å². The number of nitrogens with zero attached hydrogens (tertiary/aromatic N) is 1. The second kappa shape index (κ2) is 8.04. The quantitative estimate of drug-likeness (QED) is 0.757. The number of ether oxygens (including phenoxy) is 1. The minimum absolute atomic E-state index is 0.148. The molecule has 1 saturated carbocycles. The molecule has 0 radical (unpaired) electrons. The van der Waals surface area contributed by atoms with Crippen LogP contribution in [0, 0.1) is 0 Å². The normalized spacial score (nSPS) is 16.2. The summed E-state index contributed by atoms with van der Waals surface area (Å²) in [7, 11) is 1.85. The van der Waals surface area contributed by atoms with Crippen LogP contribution in [0.3, 0.4) is 0 Å². The fourth-order valence-corrected chi connectivity index (χ4v) is 4.28. The number of esters is 1. The second-order valence-electron chi connectivity index (χ2n) is 6.78. The Kier molecular flexibility index (Phi) is 5.78. The van der Waals surface area contributed by atoms with Crippen molar-refractivity contribution in [3.63, 3.8) is 0 Å². The Labute approximate surface area is 152 Å². The summed E-state index contributed by atoms with van der Waals surface area (Å²) in [5, 5.41) is 5.06. The van der Waals surface area contributed by atoms with Gasteiger partial charge in [-0.05, 0) is 43.2 Å². The zero-order valence-electron chi connectivity index (χ0n) is 14.9. The average molecular weight is 362 g/mol. The van der Waals surface area contributed by atoms with Crippen molar-refractivity contribution in [3.8, 4) is 0 Å². The lowest BCUT2D eigenvalue weighted by Crippen LogP contribution is -2.42. The van der Waals surface area contributed by atoms with Gasteiger partial charge in [0.1, 0.15) is 5.69 Å². The van der Waals surface area contributed by atoms with Gasteiger partial charge in [0, 0.05) is 13.1 Å². The lowest BCUT2D eigenvalue weighted by Gasteiger charge is -2.20. The molecule has 0 aliphatic heterocycles. The minimum atomic E-state index is -0.707. The van der Waals surface area contributed by atoms with E-state index in [1.165, 1.54) is 0 Å². The van der Waals surface area contributed by atoms with E-state index in [0.29, 0.717) is 12.1 Å². The van der Waals surface area contributed by atoms with Gasteiger partial charge in [-0.1, -0.05) is 26.2 Å². The Morgan fingerprint density at radius 1 is 1.40 bits per heavy atom. The highest BCUT2D eigenvalue weighted by Crippen LogP contribution is 2.25. The van der Waals surface area contributed by atoms with Gasteiger partial charge in [0.25, 0.3) is 5.91 Å². The molecule has 1 aliphatic carbocycles. The maximum atomic E-state index is 12.6. The lowest BCUT2D eigenvalue weighted by atomic mass is 10.1. The molecular formula is C19H26N2O3S. The number of rotatable bonds is 7. The largest absolute Gasteiger partial charge is 0.448 e. The predicted molar refractivity (Wildman–Crippen MR) is 99.9 cm³/mol. The molecule has 5 nitrogen and oxygen atoms in total. The number of carbonyl (C=O) groups is 2. The predicted octanol–water partition coefficient (Wildman–Crippen LogP) is 4.01. The highest BCUT2D eigenvalue weighted by Gasteiger charge is 2.27. The standard InChI is InChI=1S/C19H26N2O3S/c1-3-4-9-16(18(22)20-13-7-5-6-8-13)24-19(23)15-12-17-14(21(15)2)10-11-25-17/h10-13,16H,3-9H2,1-2H3,(H,20,22)/t16-/m1/s1. The average Bonchev–Trinajstić information content (AvgIpc) is 3.31. The molecule has 0 bridgehead atoms. The van der Waals surface area contributed by atoms with Gasteiger partial charge in [-0.15, -0.1) is 11.3 Å². The highest BCUT2D eigenvalue weighted by atomic mass is 32.1. The number of aromatic nitrogens is 1. The van der Waals surface area contributed by atoms with Crippen LogP contribution in [0.1, 0.15) is 62.4 Å². The van der Waals surface area contributed by atoms with Crippen molar-refractivity contribution in [2.45, 2.75) is 64.0 Å². The first-order valence-corrected chi connectivity index (χ1v) is 10.0. The van der Waals surface area contributed by atoms with Crippen LogP contribution >= 0.6 is 11.3 Å². The Morgan fingerprint density at radius 2 is 2.16 bits per heavy atom. The van der Waals surface area contributed by atoms with Crippen LogP contribution in [0.25, 0.3) is 10.2 Å². The van der Waals surface area contributed by atoms with E-state index in [2.05, 4.69) is 12.2 Å². The fraction of sp³-hybridized carbons (Fsp3) is 0.579. The number of thiophene rings is 1. The van der Waals surface area contributed by atoms with Crippen LogP contribution in [-0.2, 0) is 16.6 Å². The molecule has 136 valence electrons. The summed E-state index contributed by atoms with van der Waals surface area (Å²) < 4.78 is 8.51. The molecule has 0 aromatic carbocycles. The Bertz CT molecular complexity index is 743. The summed E-state index contributed by atoms with van der Waals surface area (Å²) in [6.45, 7) is 2.07. The Balaban J connectivity index is 1.69. The molecule has 1 N–H and O–H groups in total. The number of unbranched alkanes of at least 4 members (excludes halogenated alkanes) is 1. The van der Waals surface area contributed by atoms with Crippen molar-refractivity contribution in [1.82, 2.24) is 9.88 Å². The van der Waals surface area contributed by atoms with Crippen molar-refractivity contribution in [2.75, 3.05) is 0 Å². The summed E-state index contributed by atoms with van der Waals surface area (Å²) in [4.78, 5) is 25.2. The van der Waals surface area contributed by atoms with Gasteiger partial charge in [0.2, 0.25) is 0 Å². The number of nitrogens with one attached hydrogen (secondary N) is 1. The van der Waals surface area contributed by atoms with Crippen LogP contribution in [0.5, 0.6) is 0 Å². The van der Waals surface area contributed by atoms with Crippen molar-refractivity contribution < 1.29 is 14.3 Å². The number of hydrogen-bond donors (Lipinski definition) is 1. The Morgan fingerprint density at radius 3 is 2.84 bits per heavy atom. The smallest absolute Gasteiger partial charge is 0.355 e. The van der Waals surface area contributed by atoms with Crippen LogP contribution in [0.15, 0.2) is 17.5 Å². The van der Waals surface area contributed by atoms with E-state index < -0.39 is 12.1 Å². The van der Waals surface area contributed by atoms with Crippen LogP contribution in [-0.4, -0.2) is 28.6 Å². The van der Waals surface area contributed by atoms with E-state index in [-0.39, 0.29) is 11.9 Å². The molecule has 0 spiro atoms. The minimum Gasteiger partial charge on any atom is -0.448 e. The van der Waals surface area contributed by atoms with E-state index in [4.69, 9.17) is 4.74 Å². The maximum absolute atomic E-state index is 12.6. The molecule has 1 atom stereocenters. The first kappa shape index (κ1) is 18.0. The number of carbonyl (C=O) groups excluding carboxylic acids is 2. The van der Waals surface area contributed by atoms with E-state index >= 15 is 0 Å². The summed E-state index contributed by atoms with van der Waals surface area (Å²) in [6, 6.07) is 4.06. The third-order valence-electron chi connectivity index (χ3n) is 4.94. The maximum Gasteiger partial charge on any atom is 0.355 e. The summed E-state index contributed by atoms with van der Waals surface area (Å²) in [5.41, 5.74) is 1.51. The zero-order valence-corrected chi connectivity index (χ0v) is 15.7. The lowest BCUT2D eigenvalue weighted by molar-refractivity contribution is -0.131. The van der Waals surface area contributed by atoms with Gasteiger partial charge in [0.15, 0.2) is 6.10 Å². The second-order valence-corrected chi connectivity index (χ2v) is 7.73. The molecular weight excluding hydrogens is 336 g/mol. The molecule has 1 amide bonds. The SMILES string of the molecule is CCCC[C@@H](OC(=O)c1cc2sccc2n1C)C(=O)NC1CCCC1. The number of hydrogen-bond acceptors (Lipinski definition) is 4. The van der Waals surface area contributed by atoms with Crippen molar-refractivity contribution in [2.24, 2.45) is 7.05 Å². The van der Waals surface area contributed by atoms with Crippen LogP contribution in [0.4, 0.5) is 0 Å². The van der Waals surface area contributed by atoms with Gasteiger partial charge in [-0.2, -0.15) is 0 Å². The summed E-state index contributed by atoms with van der Waals surface area (Å²) in [5.74, 6) is -0.571. The summed E-state index contributed by atoms with van der Waals surface area (Å²) in [6.07, 6.45) is 6.04. The first-order chi connectivity index (χ1) is 12.1. The molecule has 2 aromatic heterocycles. The van der Waals surface area contributed by atoms with Crippen molar-refractivity contribution >= 4 is 33.4 Å². The highest BCUT2D eigenvalue weighted by molar-refractivity contribution is 7.17. The van der Waals surface area contributed by atoms with Crippen LogP contribution < -0.4 is 5.32 Å². The molecule has 25 heavy (non-hydrogen) atoms. The molecule has 6 heteroatoms. The van der Waals surface area contributed by atoms with Gasteiger partial charge < -0.3 is 14.6 Å². The van der Waals surface area contributed by atoms with Crippen LogP contribution in [0.2, 0.25) is 0 Å². The molecule has 0 saturated heterocycles.